The van der Waals surface area contributed by atoms with Gasteiger partial charge in [0.05, 0.1) is 3.57 Å². The first-order chi connectivity index (χ1) is 4.61. The van der Waals surface area contributed by atoms with Crippen LogP contribution in [0.25, 0.3) is 0 Å². The van der Waals surface area contributed by atoms with Crippen LogP contribution in [0.3, 0.4) is 0 Å². The third-order valence-electron chi connectivity index (χ3n) is 1.04. The highest BCUT2D eigenvalue weighted by atomic mass is 127. The van der Waals surface area contributed by atoms with Gasteiger partial charge < -0.3 is 5.73 Å². The molecule has 1 rings (SSSR count). The van der Waals surface area contributed by atoms with Gasteiger partial charge in [-0.05, 0) is 50.7 Å². The predicted octanol–water partition coefficient (Wildman–Crippen LogP) is 2.78. The molecule has 0 saturated heterocycles. The quantitative estimate of drug-likeness (QED) is 0.445. The van der Waals surface area contributed by atoms with Crippen LogP contribution in [0.1, 0.15) is 0 Å². The van der Waals surface area contributed by atoms with Crippen LogP contribution in [0.4, 0.5) is 10.1 Å². The third-order valence-corrected chi connectivity index (χ3v) is 2.55. The highest BCUT2D eigenvalue weighted by Gasteiger charge is 2.01. The van der Waals surface area contributed by atoms with Crippen LogP contribution in [0, 0.1) is 9.39 Å². The van der Waals surface area contributed by atoms with E-state index in [1.54, 1.807) is 6.07 Å². The Morgan fingerprint density at radius 2 is 2.10 bits per heavy atom. The van der Waals surface area contributed by atoms with E-state index >= 15 is 0 Å². The fraction of sp³-hybridized carbons (Fsp3) is 0. The monoisotopic (exact) mass is 315 g/mol. The molecule has 0 aliphatic carbocycles. The maximum atomic E-state index is 12.7. The second-order valence-corrected chi connectivity index (χ2v) is 3.80. The van der Waals surface area contributed by atoms with Crippen molar-refractivity contribution in [1.29, 1.82) is 0 Å². The highest BCUT2D eigenvalue weighted by molar-refractivity contribution is 14.1. The van der Waals surface area contributed by atoms with Crippen molar-refractivity contribution in [2.75, 3.05) is 5.73 Å². The first kappa shape index (κ1) is 8.26. The van der Waals surface area contributed by atoms with Crippen LogP contribution in [-0.2, 0) is 0 Å². The number of halogens is 3. The molecule has 0 amide bonds. The minimum atomic E-state index is -0.277. The van der Waals surface area contributed by atoms with E-state index in [0.29, 0.717) is 9.26 Å². The standard InChI is InChI=1S/C6H4BrFIN/c7-3-1-5(9)4(8)2-6(3)10/h1-2H,10H2. The summed E-state index contributed by atoms with van der Waals surface area (Å²) >= 11 is 5.09. The summed E-state index contributed by atoms with van der Waals surface area (Å²) in [5, 5.41) is 0. The van der Waals surface area contributed by atoms with E-state index in [4.69, 9.17) is 5.73 Å². The van der Waals surface area contributed by atoms with E-state index in [0.717, 1.165) is 4.47 Å². The smallest absolute Gasteiger partial charge is 0.138 e. The normalized spacial score (nSPS) is 9.90. The molecule has 0 unspecified atom stereocenters. The maximum Gasteiger partial charge on any atom is 0.138 e. The summed E-state index contributed by atoms with van der Waals surface area (Å²) in [5.41, 5.74) is 5.83. The predicted molar refractivity (Wildman–Crippen MR) is 51.2 cm³/mol. The molecule has 1 aromatic rings. The van der Waals surface area contributed by atoms with Crippen molar-refractivity contribution in [3.63, 3.8) is 0 Å². The van der Waals surface area contributed by atoms with Crippen molar-refractivity contribution in [2.24, 2.45) is 0 Å². The topological polar surface area (TPSA) is 26.0 Å². The van der Waals surface area contributed by atoms with E-state index < -0.39 is 0 Å². The lowest BCUT2D eigenvalue weighted by molar-refractivity contribution is 0.621. The van der Waals surface area contributed by atoms with Crippen LogP contribution < -0.4 is 5.73 Å². The van der Waals surface area contributed by atoms with Crippen molar-refractivity contribution >= 4 is 44.2 Å². The molecule has 0 bridgehead atoms. The Bertz CT molecular complexity index is 214. The molecular formula is C6H4BrFIN. The summed E-state index contributed by atoms with van der Waals surface area (Å²) < 4.78 is 14.0. The molecule has 4 heteroatoms. The molecule has 0 radical (unpaired) electrons. The van der Waals surface area contributed by atoms with Crippen molar-refractivity contribution in [3.8, 4) is 0 Å². The molecule has 0 aliphatic rings. The van der Waals surface area contributed by atoms with E-state index in [2.05, 4.69) is 15.9 Å². The zero-order valence-corrected chi connectivity index (χ0v) is 8.61. The van der Waals surface area contributed by atoms with Crippen LogP contribution in [0.2, 0.25) is 0 Å². The molecular weight excluding hydrogens is 312 g/mol. The van der Waals surface area contributed by atoms with Gasteiger partial charge in [-0.3, -0.25) is 0 Å². The van der Waals surface area contributed by atoms with Gasteiger partial charge in [-0.25, -0.2) is 4.39 Å². The Morgan fingerprint density at radius 1 is 1.50 bits per heavy atom. The van der Waals surface area contributed by atoms with Gasteiger partial charge in [0.2, 0.25) is 0 Å². The Balaban J connectivity index is 3.28. The summed E-state index contributed by atoms with van der Waals surface area (Å²) in [6.07, 6.45) is 0. The van der Waals surface area contributed by atoms with Crippen LogP contribution in [0.15, 0.2) is 16.6 Å². The minimum Gasteiger partial charge on any atom is -0.398 e. The van der Waals surface area contributed by atoms with Gasteiger partial charge in [0.1, 0.15) is 5.82 Å². The molecule has 1 nitrogen and oxygen atoms in total. The number of benzene rings is 1. The van der Waals surface area contributed by atoms with Gasteiger partial charge in [0.15, 0.2) is 0 Å². The summed E-state index contributed by atoms with van der Waals surface area (Å²) in [6, 6.07) is 2.94. The fourth-order valence-electron chi connectivity index (χ4n) is 0.538. The van der Waals surface area contributed by atoms with Gasteiger partial charge >= 0.3 is 0 Å². The number of anilines is 1. The second kappa shape index (κ2) is 3.04. The van der Waals surface area contributed by atoms with E-state index in [9.17, 15) is 4.39 Å². The van der Waals surface area contributed by atoms with E-state index in [1.807, 2.05) is 22.6 Å². The Labute approximate surface area is 80.1 Å². The van der Waals surface area contributed by atoms with Gasteiger partial charge in [-0.1, -0.05) is 0 Å². The lowest BCUT2D eigenvalue weighted by atomic mass is 10.3. The summed E-state index contributed by atoms with van der Waals surface area (Å²) in [7, 11) is 0. The molecule has 2 N–H and O–H groups in total. The first-order valence-electron chi connectivity index (χ1n) is 2.51. The second-order valence-electron chi connectivity index (χ2n) is 1.79. The third kappa shape index (κ3) is 1.60. The number of rotatable bonds is 0. The van der Waals surface area contributed by atoms with Gasteiger partial charge in [0, 0.05) is 10.2 Å². The fourth-order valence-corrected chi connectivity index (χ4v) is 1.78. The lowest BCUT2D eigenvalue weighted by Gasteiger charge is -1.98. The van der Waals surface area contributed by atoms with E-state index in [-0.39, 0.29) is 5.82 Å². The average molecular weight is 316 g/mol. The zero-order chi connectivity index (χ0) is 7.72. The van der Waals surface area contributed by atoms with Gasteiger partial charge in [-0.15, -0.1) is 0 Å². The maximum absolute atomic E-state index is 12.7. The highest BCUT2D eigenvalue weighted by Crippen LogP contribution is 2.23. The van der Waals surface area contributed by atoms with Crippen molar-refractivity contribution in [1.82, 2.24) is 0 Å². The molecule has 0 aromatic heterocycles. The van der Waals surface area contributed by atoms with Crippen LogP contribution in [0.5, 0.6) is 0 Å². The summed E-state index contributed by atoms with van der Waals surface area (Å²) in [5.74, 6) is -0.277. The molecule has 0 aliphatic heterocycles. The Kier molecular flexibility index (Phi) is 2.51. The van der Waals surface area contributed by atoms with Crippen LogP contribution >= 0.6 is 38.5 Å². The van der Waals surface area contributed by atoms with Crippen molar-refractivity contribution in [2.45, 2.75) is 0 Å². The van der Waals surface area contributed by atoms with Crippen LogP contribution in [-0.4, -0.2) is 0 Å². The molecule has 0 fully saturated rings. The average Bonchev–Trinajstić information content (AvgIpc) is 1.84. The first-order valence-corrected chi connectivity index (χ1v) is 4.38. The van der Waals surface area contributed by atoms with Gasteiger partial charge in [-0.2, -0.15) is 0 Å². The SMILES string of the molecule is Nc1cc(F)c(I)cc1Br. The van der Waals surface area contributed by atoms with Crippen molar-refractivity contribution < 1.29 is 4.39 Å². The Hall–Kier alpha value is 0.160. The molecule has 1 aromatic carbocycles. The largest absolute Gasteiger partial charge is 0.398 e. The lowest BCUT2D eigenvalue weighted by Crippen LogP contribution is -1.90. The molecule has 10 heavy (non-hydrogen) atoms. The number of hydrogen-bond donors (Lipinski definition) is 1. The summed E-state index contributed by atoms with van der Waals surface area (Å²) in [6.45, 7) is 0. The molecule has 0 spiro atoms. The molecule has 0 heterocycles. The van der Waals surface area contributed by atoms with E-state index in [1.165, 1.54) is 6.07 Å². The molecule has 0 saturated carbocycles. The molecule has 54 valence electrons. The van der Waals surface area contributed by atoms with Gasteiger partial charge in [0.25, 0.3) is 0 Å². The number of hydrogen-bond acceptors (Lipinski definition) is 1. The minimum absolute atomic E-state index is 0.277. The number of nitrogen functional groups attached to an aromatic ring is 1. The number of nitrogens with two attached hydrogens (primary N) is 1. The molecule has 0 atom stereocenters. The van der Waals surface area contributed by atoms with Crippen molar-refractivity contribution in [3.05, 3.63) is 26.0 Å². The summed E-state index contributed by atoms with van der Waals surface area (Å²) in [4.78, 5) is 0. The zero-order valence-electron chi connectivity index (χ0n) is 4.87. The Morgan fingerprint density at radius 3 is 2.60 bits per heavy atom.